The molecule has 2 N–H and O–H groups in total. The topological polar surface area (TPSA) is 70.7 Å². The molecular weight excluding hydrogens is 416 g/mol. The Bertz CT molecular complexity index is 799. The molecule has 0 aromatic heterocycles. The first-order chi connectivity index (χ1) is 13.9. The van der Waals surface area contributed by atoms with Crippen molar-refractivity contribution >= 4 is 23.4 Å². The third-order valence-electron chi connectivity index (χ3n) is 5.35. The van der Waals surface area contributed by atoms with Gasteiger partial charge in [0.15, 0.2) is 0 Å². The van der Waals surface area contributed by atoms with Gasteiger partial charge in [-0.1, -0.05) is 11.6 Å². The van der Waals surface area contributed by atoms with Gasteiger partial charge in [-0.2, -0.15) is 8.78 Å². The minimum Gasteiger partial charge on any atom is -0.435 e. The van der Waals surface area contributed by atoms with E-state index in [0.717, 1.165) is 25.9 Å². The van der Waals surface area contributed by atoms with E-state index in [1.807, 2.05) is 20.8 Å². The van der Waals surface area contributed by atoms with Gasteiger partial charge in [-0.15, -0.1) is 0 Å². The zero-order valence-electron chi connectivity index (χ0n) is 17.4. The van der Waals surface area contributed by atoms with E-state index in [4.69, 9.17) is 11.6 Å². The summed E-state index contributed by atoms with van der Waals surface area (Å²) in [6, 6.07) is 3.91. The van der Waals surface area contributed by atoms with Crippen LogP contribution in [0.15, 0.2) is 18.2 Å². The van der Waals surface area contributed by atoms with E-state index in [9.17, 15) is 18.4 Å². The Morgan fingerprint density at radius 2 is 1.93 bits per heavy atom. The molecule has 2 amide bonds. The smallest absolute Gasteiger partial charge is 0.387 e. The molecule has 0 atom stereocenters. The van der Waals surface area contributed by atoms with E-state index in [-0.39, 0.29) is 39.1 Å². The first-order valence-electron chi connectivity index (χ1n) is 10.0. The minimum atomic E-state index is -2.98. The Morgan fingerprint density at radius 1 is 1.27 bits per heavy atom. The number of carbonyl (C=O) groups excluding carboxylic acids is 2. The van der Waals surface area contributed by atoms with Gasteiger partial charge in [-0.3, -0.25) is 14.5 Å². The molecule has 6 nitrogen and oxygen atoms in total. The quantitative estimate of drug-likeness (QED) is 0.678. The lowest BCUT2D eigenvalue weighted by atomic mass is 9.57. The van der Waals surface area contributed by atoms with Gasteiger partial charge in [0.25, 0.3) is 5.91 Å². The van der Waals surface area contributed by atoms with E-state index in [1.54, 1.807) is 0 Å². The maximum atomic E-state index is 12.4. The summed E-state index contributed by atoms with van der Waals surface area (Å²) in [5, 5.41) is 5.97. The van der Waals surface area contributed by atoms with Crippen LogP contribution in [-0.4, -0.2) is 55.0 Å². The molecular formula is C21H28ClF2N3O3. The standard InChI is InChI=1S/C21H28ClF2N3O3/c1-20(2,3)26-17(28)10-27-11-21(12-27)7-13(8-21)9-25-18(29)14-4-15(22)6-16(5-14)30-19(23)24/h4-6,13,19H,7-12H2,1-3H3,(H,25,29)(H,26,28). The fraction of sp³-hybridized carbons (Fsp3) is 0.619. The van der Waals surface area contributed by atoms with Crippen LogP contribution in [0, 0.1) is 11.3 Å². The summed E-state index contributed by atoms with van der Waals surface area (Å²) in [6.45, 7) is 5.64. The van der Waals surface area contributed by atoms with Gasteiger partial charge >= 0.3 is 6.61 Å². The Labute approximate surface area is 180 Å². The normalized spacial score (nSPS) is 18.6. The highest BCUT2D eigenvalue weighted by molar-refractivity contribution is 6.31. The molecule has 0 unspecified atom stereocenters. The fourth-order valence-electron chi connectivity index (χ4n) is 4.45. The molecule has 3 rings (SSSR count). The summed E-state index contributed by atoms with van der Waals surface area (Å²) in [6.07, 6.45) is 2.00. The summed E-state index contributed by atoms with van der Waals surface area (Å²) >= 11 is 5.89. The van der Waals surface area contributed by atoms with Crippen molar-refractivity contribution in [1.82, 2.24) is 15.5 Å². The highest BCUT2D eigenvalue weighted by Crippen LogP contribution is 2.51. The maximum absolute atomic E-state index is 12.4. The van der Waals surface area contributed by atoms with Crippen LogP contribution in [0.3, 0.4) is 0 Å². The molecule has 1 saturated carbocycles. The van der Waals surface area contributed by atoms with Crippen LogP contribution in [0.1, 0.15) is 44.0 Å². The molecule has 1 aliphatic carbocycles. The third-order valence-corrected chi connectivity index (χ3v) is 5.57. The first kappa shape index (κ1) is 22.7. The predicted octanol–water partition coefficient (Wildman–Crippen LogP) is 3.30. The number of likely N-dealkylation sites (tertiary alicyclic amines) is 1. The average Bonchev–Trinajstić information content (AvgIpc) is 2.51. The number of rotatable bonds is 7. The number of benzene rings is 1. The van der Waals surface area contributed by atoms with Crippen molar-refractivity contribution in [3.8, 4) is 5.75 Å². The van der Waals surface area contributed by atoms with E-state index < -0.39 is 6.61 Å². The zero-order valence-corrected chi connectivity index (χ0v) is 18.2. The van der Waals surface area contributed by atoms with Gasteiger partial charge in [0.1, 0.15) is 5.75 Å². The van der Waals surface area contributed by atoms with E-state index in [0.29, 0.717) is 19.0 Å². The van der Waals surface area contributed by atoms with Crippen LogP contribution in [0.25, 0.3) is 0 Å². The lowest BCUT2D eigenvalue weighted by molar-refractivity contribution is -0.133. The Hall–Kier alpha value is -1.93. The SMILES string of the molecule is CC(C)(C)NC(=O)CN1CC2(CC(CNC(=O)c3cc(Cl)cc(OC(F)F)c3)C2)C1. The van der Waals surface area contributed by atoms with Gasteiger partial charge in [0.05, 0.1) is 6.54 Å². The number of nitrogens with zero attached hydrogens (tertiary/aromatic N) is 1. The number of carbonyl (C=O) groups is 2. The third kappa shape index (κ3) is 6.04. The highest BCUT2D eigenvalue weighted by atomic mass is 35.5. The fourth-order valence-corrected chi connectivity index (χ4v) is 4.67. The predicted molar refractivity (Wildman–Crippen MR) is 110 cm³/mol. The molecule has 2 fully saturated rings. The first-order valence-corrected chi connectivity index (χ1v) is 10.4. The Balaban J connectivity index is 1.39. The van der Waals surface area contributed by atoms with E-state index in [2.05, 4.69) is 20.3 Å². The van der Waals surface area contributed by atoms with Crippen molar-refractivity contribution in [1.29, 1.82) is 0 Å². The van der Waals surface area contributed by atoms with Crippen molar-refractivity contribution < 1.29 is 23.1 Å². The summed E-state index contributed by atoms with van der Waals surface area (Å²) in [4.78, 5) is 26.5. The van der Waals surface area contributed by atoms with Crippen LogP contribution >= 0.6 is 11.6 Å². The highest BCUT2D eigenvalue weighted by Gasteiger charge is 2.52. The number of hydrogen-bond donors (Lipinski definition) is 2. The lowest BCUT2D eigenvalue weighted by Crippen LogP contribution is -2.64. The monoisotopic (exact) mass is 443 g/mol. The van der Waals surface area contributed by atoms with Gasteiger partial charge in [0, 0.05) is 35.8 Å². The second-order valence-corrected chi connectivity index (χ2v) is 9.92. The van der Waals surface area contributed by atoms with Crippen LogP contribution in [-0.2, 0) is 4.79 Å². The molecule has 1 saturated heterocycles. The summed E-state index contributed by atoms with van der Waals surface area (Å²) in [7, 11) is 0. The summed E-state index contributed by atoms with van der Waals surface area (Å²) < 4.78 is 29.1. The van der Waals surface area contributed by atoms with Gasteiger partial charge in [-0.05, 0) is 63.1 Å². The summed E-state index contributed by atoms with van der Waals surface area (Å²) in [5.41, 5.74) is 0.215. The number of hydrogen-bond acceptors (Lipinski definition) is 4. The van der Waals surface area contributed by atoms with Gasteiger partial charge in [-0.25, -0.2) is 0 Å². The minimum absolute atomic E-state index is 0.0391. The van der Waals surface area contributed by atoms with Crippen molar-refractivity contribution in [2.75, 3.05) is 26.2 Å². The number of amides is 2. The molecule has 0 radical (unpaired) electrons. The number of alkyl halides is 2. The van der Waals surface area contributed by atoms with Crippen molar-refractivity contribution in [3.63, 3.8) is 0 Å². The lowest BCUT2D eigenvalue weighted by Gasteiger charge is -2.59. The second-order valence-electron chi connectivity index (χ2n) is 9.48. The number of ether oxygens (including phenoxy) is 1. The maximum Gasteiger partial charge on any atom is 0.387 e. The molecule has 30 heavy (non-hydrogen) atoms. The van der Waals surface area contributed by atoms with Crippen molar-refractivity contribution in [2.45, 2.75) is 45.8 Å². The molecule has 1 aliphatic heterocycles. The molecule has 166 valence electrons. The largest absolute Gasteiger partial charge is 0.435 e. The van der Waals surface area contributed by atoms with E-state index in [1.165, 1.54) is 18.2 Å². The molecule has 1 heterocycles. The molecule has 2 aliphatic rings. The van der Waals surface area contributed by atoms with Crippen LogP contribution in [0.4, 0.5) is 8.78 Å². The Kier molecular flexibility index (Phi) is 6.57. The number of halogens is 3. The average molecular weight is 444 g/mol. The molecule has 9 heteroatoms. The zero-order chi connectivity index (χ0) is 22.1. The van der Waals surface area contributed by atoms with Crippen LogP contribution in [0.2, 0.25) is 5.02 Å². The van der Waals surface area contributed by atoms with Gasteiger partial charge in [0.2, 0.25) is 5.91 Å². The van der Waals surface area contributed by atoms with E-state index >= 15 is 0 Å². The second kappa shape index (κ2) is 8.67. The Morgan fingerprint density at radius 3 is 2.53 bits per heavy atom. The molecule has 1 spiro atoms. The molecule has 0 bridgehead atoms. The van der Waals surface area contributed by atoms with Crippen LogP contribution in [0.5, 0.6) is 5.75 Å². The number of nitrogens with one attached hydrogen (secondary N) is 2. The molecule has 1 aromatic carbocycles. The van der Waals surface area contributed by atoms with Crippen LogP contribution < -0.4 is 15.4 Å². The van der Waals surface area contributed by atoms with Crippen molar-refractivity contribution in [2.24, 2.45) is 11.3 Å². The van der Waals surface area contributed by atoms with Crippen molar-refractivity contribution in [3.05, 3.63) is 28.8 Å². The molecule has 1 aromatic rings. The summed E-state index contributed by atoms with van der Waals surface area (Å²) in [5.74, 6) is -0.102. The van der Waals surface area contributed by atoms with Gasteiger partial charge < -0.3 is 15.4 Å².